The maximum Gasteiger partial charge on any atom is 0.224 e. The van der Waals surface area contributed by atoms with Gasteiger partial charge in [-0.1, -0.05) is 18.2 Å². The van der Waals surface area contributed by atoms with Gasteiger partial charge in [0.1, 0.15) is 18.2 Å². The van der Waals surface area contributed by atoms with Crippen LogP contribution in [0.25, 0.3) is 0 Å². The van der Waals surface area contributed by atoms with Crippen molar-refractivity contribution in [3.8, 4) is 0 Å². The van der Waals surface area contributed by atoms with Gasteiger partial charge in [0.2, 0.25) is 5.91 Å². The third-order valence-electron chi connectivity index (χ3n) is 4.86. The molecular weight excluding hydrogens is 375 g/mol. The molecule has 1 atom stereocenters. The lowest BCUT2D eigenvalue weighted by atomic mass is 10.1. The summed E-state index contributed by atoms with van der Waals surface area (Å²) in [6, 6.07) is 10.4. The number of halogens is 1. The van der Waals surface area contributed by atoms with E-state index < -0.39 is 0 Å². The van der Waals surface area contributed by atoms with E-state index in [-0.39, 0.29) is 17.8 Å². The molecule has 0 aliphatic carbocycles. The molecule has 150 valence electrons. The third-order valence-corrected chi connectivity index (χ3v) is 4.86. The van der Waals surface area contributed by atoms with Gasteiger partial charge in [0.15, 0.2) is 0 Å². The molecule has 0 unspecified atom stereocenters. The molecule has 9 heteroatoms. The number of rotatable bonds is 6. The van der Waals surface area contributed by atoms with Crippen LogP contribution in [-0.2, 0) is 22.5 Å². The second-order valence-corrected chi connectivity index (χ2v) is 6.92. The van der Waals surface area contributed by atoms with Crippen LogP contribution in [0.4, 0.5) is 4.39 Å². The number of amides is 1. The van der Waals surface area contributed by atoms with Gasteiger partial charge in [-0.25, -0.2) is 9.07 Å². The Balaban J connectivity index is 1.34. The van der Waals surface area contributed by atoms with Crippen molar-refractivity contribution in [3.63, 3.8) is 0 Å². The molecule has 1 fully saturated rings. The number of ether oxygens (including phenoxy) is 1. The van der Waals surface area contributed by atoms with Crippen molar-refractivity contribution in [3.05, 3.63) is 71.6 Å². The Morgan fingerprint density at radius 3 is 2.72 bits per heavy atom. The zero-order valence-electron chi connectivity index (χ0n) is 15.8. The van der Waals surface area contributed by atoms with Crippen molar-refractivity contribution in [1.82, 2.24) is 30.1 Å². The summed E-state index contributed by atoms with van der Waals surface area (Å²) >= 11 is 0. The predicted molar refractivity (Wildman–Crippen MR) is 101 cm³/mol. The molecule has 0 N–H and O–H groups in total. The van der Waals surface area contributed by atoms with Gasteiger partial charge >= 0.3 is 0 Å². The van der Waals surface area contributed by atoms with Crippen molar-refractivity contribution < 1.29 is 13.9 Å². The van der Waals surface area contributed by atoms with Gasteiger partial charge in [0.05, 0.1) is 25.4 Å². The summed E-state index contributed by atoms with van der Waals surface area (Å²) in [4.78, 5) is 18.8. The van der Waals surface area contributed by atoms with E-state index in [2.05, 4.69) is 20.5 Å². The fraction of sp³-hybridized carbons (Fsp3) is 0.350. The molecule has 0 radical (unpaired) electrons. The molecule has 4 rings (SSSR count). The largest absolute Gasteiger partial charge is 0.368 e. The highest BCUT2D eigenvalue weighted by atomic mass is 19.1. The second kappa shape index (κ2) is 8.87. The molecule has 2 aromatic heterocycles. The predicted octanol–water partition coefficient (Wildman–Crippen LogP) is 1.79. The molecule has 1 aliphatic rings. The number of benzene rings is 1. The van der Waals surface area contributed by atoms with Crippen LogP contribution in [-0.4, -0.2) is 55.7 Å². The van der Waals surface area contributed by atoms with Crippen LogP contribution in [0.15, 0.2) is 48.9 Å². The molecule has 29 heavy (non-hydrogen) atoms. The molecule has 0 spiro atoms. The number of tetrazole rings is 1. The summed E-state index contributed by atoms with van der Waals surface area (Å²) in [5.41, 5.74) is 2.85. The molecule has 3 aromatic rings. The monoisotopic (exact) mass is 396 g/mol. The fourth-order valence-electron chi connectivity index (χ4n) is 3.27. The van der Waals surface area contributed by atoms with Gasteiger partial charge < -0.3 is 9.64 Å². The van der Waals surface area contributed by atoms with E-state index in [4.69, 9.17) is 4.74 Å². The smallest absolute Gasteiger partial charge is 0.224 e. The van der Waals surface area contributed by atoms with Gasteiger partial charge in [-0.15, -0.1) is 5.10 Å². The van der Waals surface area contributed by atoms with Crippen LogP contribution < -0.4 is 0 Å². The van der Waals surface area contributed by atoms with Crippen molar-refractivity contribution in [1.29, 1.82) is 0 Å². The van der Waals surface area contributed by atoms with E-state index in [1.807, 2.05) is 12.1 Å². The molecule has 1 amide bonds. The SMILES string of the molecule is O=C(CCn1cnnn1)N1CCO[C@H](c2ccc(Cc3ccc(F)cc3)cn2)C1. The van der Waals surface area contributed by atoms with E-state index >= 15 is 0 Å². The van der Waals surface area contributed by atoms with Crippen molar-refractivity contribution in [2.45, 2.75) is 25.5 Å². The highest BCUT2D eigenvalue weighted by Crippen LogP contribution is 2.22. The van der Waals surface area contributed by atoms with Crippen molar-refractivity contribution in [2.75, 3.05) is 19.7 Å². The first kappa shape index (κ1) is 19.1. The summed E-state index contributed by atoms with van der Waals surface area (Å²) in [5, 5.41) is 10.9. The zero-order chi connectivity index (χ0) is 20.1. The minimum atomic E-state index is -0.249. The number of pyridine rings is 1. The van der Waals surface area contributed by atoms with E-state index in [1.165, 1.54) is 23.1 Å². The van der Waals surface area contributed by atoms with Crippen molar-refractivity contribution in [2.24, 2.45) is 0 Å². The van der Waals surface area contributed by atoms with Gasteiger partial charge in [0.25, 0.3) is 0 Å². The summed E-state index contributed by atoms with van der Waals surface area (Å²) in [6.45, 7) is 1.96. The zero-order valence-corrected chi connectivity index (χ0v) is 15.8. The second-order valence-electron chi connectivity index (χ2n) is 6.92. The van der Waals surface area contributed by atoms with Crippen LogP contribution in [0.3, 0.4) is 0 Å². The first-order valence-electron chi connectivity index (χ1n) is 9.47. The minimum Gasteiger partial charge on any atom is -0.368 e. The molecule has 0 bridgehead atoms. The number of hydrogen-bond acceptors (Lipinski definition) is 6. The lowest BCUT2D eigenvalue weighted by molar-refractivity contribution is -0.139. The van der Waals surface area contributed by atoms with E-state index in [0.717, 1.165) is 16.8 Å². The van der Waals surface area contributed by atoms with Crippen LogP contribution >= 0.6 is 0 Å². The number of carbonyl (C=O) groups excluding carboxylic acids is 1. The summed E-state index contributed by atoms with van der Waals surface area (Å²) in [6.07, 6.45) is 4.07. The van der Waals surface area contributed by atoms with E-state index in [9.17, 15) is 9.18 Å². The fourth-order valence-corrected chi connectivity index (χ4v) is 3.27. The Morgan fingerprint density at radius 2 is 2.00 bits per heavy atom. The number of carbonyl (C=O) groups is 1. The quantitative estimate of drug-likeness (QED) is 0.631. The lowest BCUT2D eigenvalue weighted by Gasteiger charge is -2.32. The Hall–Kier alpha value is -3.20. The molecule has 3 heterocycles. The average molecular weight is 396 g/mol. The summed E-state index contributed by atoms with van der Waals surface area (Å²) in [5.74, 6) is -0.199. The maximum atomic E-state index is 13.0. The summed E-state index contributed by atoms with van der Waals surface area (Å²) in [7, 11) is 0. The number of hydrogen-bond donors (Lipinski definition) is 0. The molecular formula is C20H21FN6O2. The van der Waals surface area contributed by atoms with Crippen LogP contribution in [0.5, 0.6) is 0 Å². The standard InChI is InChI=1S/C20H21FN6O2/c21-17-4-1-15(2-5-17)11-16-3-6-18(22-12-16)19-13-26(9-10-29-19)20(28)7-8-27-14-23-24-25-27/h1-6,12,14,19H,7-11,13H2/t19-/m0/s1. The van der Waals surface area contributed by atoms with E-state index in [0.29, 0.717) is 39.1 Å². The van der Waals surface area contributed by atoms with Gasteiger partial charge in [0, 0.05) is 19.2 Å². The minimum absolute atomic E-state index is 0.0433. The third kappa shape index (κ3) is 5.00. The highest BCUT2D eigenvalue weighted by Gasteiger charge is 2.26. The number of morpholine rings is 1. The molecule has 8 nitrogen and oxygen atoms in total. The number of aryl methyl sites for hydroxylation is 1. The van der Waals surface area contributed by atoms with Crippen LogP contribution in [0, 0.1) is 5.82 Å². The molecule has 0 saturated carbocycles. The van der Waals surface area contributed by atoms with Crippen LogP contribution in [0.1, 0.15) is 29.3 Å². The number of aromatic nitrogens is 5. The van der Waals surface area contributed by atoms with Crippen LogP contribution in [0.2, 0.25) is 0 Å². The Bertz CT molecular complexity index is 931. The van der Waals surface area contributed by atoms with Gasteiger partial charge in [-0.3, -0.25) is 9.78 Å². The Morgan fingerprint density at radius 1 is 1.17 bits per heavy atom. The van der Waals surface area contributed by atoms with Gasteiger partial charge in [-0.2, -0.15) is 0 Å². The van der Waals surface area contributed by atoms with Crippen molar-refractivity contribution >= 4 is 5.91 Å². The summed E-state index contributed by atoms with van der Waals surface area (Å²) < 4.78 is 20.4. The first-order chi connectivity index (χ1) is 14.2. The first-order valence-corrected chi connectivity index (χ1v) is 9.47. The normalized spacial score (nSPS) is 16.7. The topological polar surface area (TPSA) is 86.0 Å². The molecule has 1 aliphatic heterocycles. The lowest BCUT2D eigenvalue weighted by Crippen LogP contribution is -2.42. The number of nitrogens with zero attached hydrogens (tertiary/aromatic N) is 6. The Kier molecular flexibility index (Phi) is 5.85. The van der Waals surface area contributed by atoms with Gasteiger partial charge in [-0.05, 0) is 46.2 Å². The Labute approximate surface area is 167 Å². The highest BCUT2D eigenvalue weighted by molar-refractivity contribution is 5.76. The van der Waals surface area contributed by atoms with E-state index in [1.54, 1.807) is 23.2 Å². The maximum absolute atomic E-state index is 13.0. The molecule has 1 aromatic carbocycles. The molecule has 1 saturated heterocycles. The average Bonchev–Trinajstić information content (AvgIpc) is 3.28.